The first-order valence-corrected chi connectivity index (χ1v) is 10.4. The van der Waals surface area contributed by atoms with Crippen LogP contribution in [0.3, 0.4) is 0 Å². The molecule has 0 atom stereocenters. The lowest BCUT2D eigenvalue weighted by molar-refractivity contribution is -0.139. The Labute approximate surface area is 151 Å². The van der Waals surface area contributed by atoms with Gasteiger partial charge in [0.05, 0.1) is 0 Å². The summed E-state index contributed by atoms with van der Waals surface area (Å²) in [6.45, 7) is 1.60. The molecule has 0 unspecified atom stereocenters. The second kappa shape index (κ2) is 16.0. The van der Waals surface area contributed by atoms with Gasteiger partial charge in [0, 0.05) is 12.8 Å². The number of hydrogen-bond donors (Lipinski definition) is 4. The van der Waals surface area contributed by atoms with Gasteiger partial charge in [0.1, 0.15) is 0 Å². The number of carboxylic acids is 2. The molecule has 6 nitrogen and oxygen atoms in total. The molecule has 1 rings (SSSR count). The van der Waals surface area contributed by atoms with E-state index in [0.717, 1.165) is 25.9 Å². The summed E-state index contributed by atoms with van der Waals surface area (Å²) in [5.41, 5.74) is 11.1. The first-order valence-electron chi connectivity index (χ1n) is 8.65. The van der Waals surface area contributed by atoms with Gasteiger partial charge in [0.15, 0.2) is 0 Å². The minimum absolute atomic E-state index is 0.0275. The number of nitrogens with two attached hydrogens (primary N) is 2. The van der Waals surface area contributed by atoms with Gasteiger partial charge in [0.25, 0.3) is 0 Å². The quantitative estimate of drug-likeness (QED) is 0.330. The monoisotopic (exact) mass is 370 g/mol. The third-order valence-corrected chi connectivity index (χ3v) is 6.16. The molecule has 7 heteroatoms. The fourth-order valence-corrected chi connectivity index (χ4v) is 4.59. The van der Waals surface area contributed by atoms with Crippen LogP contribution in [0.4, 0.5) is 0 Å². The molecule has 142 valence electrons. The third-order valence-electron chi connectivity index (χ3n) is 3.42. The standard InChI is InChI=1S/C12H21N2P.C6H10O4/c13-8-4-10-15(11-5-9-14)12-6-2-1-3-7-12;7-5(8)3-1-2-4-6(9)10/h1-3,6-7H,4-5,8-11,13-14H2;1-4H2,(H,7,8)(H,9,10). The normalized spacial score (nSPS) is 10.2. The first kappa shape index (κ1) is 23.5. The Kier molecular flexibility index (Phi) is 15.1. The van der Waals surface area contributed by atoms with Gasteiger partial charge < -0.3 is 21.7 Å². The van der Waals surface area contributed by atoms with Crippen molar-refractivity contribution in [3.05, 3.63) is 30.3 Å². The van der Waals surface area contributed by atoms with E-state index in [0.29, 0.717) is 12.8 Å². The Morgan fingerprint density at radius 1 is 0.800 bits per heavy atom. The molecule has 0 radical (unpaired) electrons. The summed E-state index contributed by atoms with van der Waals surface area (Å²) in [5.74, 6) is -1.74. The van der Waals surface area contributed by atoms with E-state index in [9.17, 15) is 9.59 Å². The van der Waals surface area contributed by atoms with Gasteiger partial charge in [-0.05, 0) is 56.4 Å². The summed E-state index contributed by atoms with van der Waals surface area (Å²) < 4.78 is 0. The largest absolute Gasteiger partial charge is 0.481 e. The number of carboxylic acid groups (broad SMARTS) is 2. The molecule has 0 spiro atoms. The molecule has 0 aromatic heterocycles. The van der Waals surface area contributed by atoms with Gasteiger partial charge in [-0.1, -0.05) is 38.3 Å². The number of hydrogen-bond acceptors (Lipinski definition) is 4. The molecule has 0 saturated heterocycles. The zero-order valence-electron chi connectivity index (χ0n) is 14.8. The van der Waals surface area contributed by atoms with Gasteiger partial charge >= 0.3 is 11.9 Å². The maximum absolute atomic E-state index is 9.90. The van der Waals surface area contributed by atoms with Crippen molar-refractivity contribution < 1.29 is 19.8 Å². The minimum atomic E-state index is -0.870. The smallest absolute Gasteiger partial charge is 0.303 e. The lowest BCUT2D eigenvalue weighted by Gasteiger charge is -2.17. The van der Waals surface area contributed by atoms with Crippen LogP contribution in [0.5, 0.6) is 0 Å². The Morgan fingerprint density at radius 2 is 1.24 bits per heavy atom. The average Bonchev–Trinajstić information content (AvgIpc) is 2.60. The predicted molar refractivity (Wildman–Crippen MR) is 104 cm³/mol. The molecule has 25 heavy (non-hydrogen) atoms. The van der Waals surface area contributed by atoms with E-state index in [-0.39, 0.29) is 20.8 Å². The van der Waals surface area contributed by atoms with E-state index in [2.05, 4.69) is 30.3 Å². The van der Waals surface area contributed by atoms with E-state index in [1.165, 1.54) is 17.6 Å². The number of unbranched alkanes of at least 4 members (excludes halogenated alkanes) is 1. The maximum Gasteiger partial charge on any atom is 0.303 e. The topological polar surface area (TPSA) is 127 Å². The molecule has 1 aromatic carbocycles. The highest BCUT2D eigenvalue weighted by Crippen LogP contribution is 2.35. The highest BCUT2D eigenvalue weighted by atomic mass is 31.1. The molecule has 6 N–H and O–H groups in total. The average molecular weight is 370 g/mol. The van der Waals surface area contributed by atoms with Crippen LogP contribution in [0.25, 0.3) is 0 Å². The molecule has 0 saturated carbocycles. The molecule has 0 amide bonds. The van der Waals surface area contributed by atoms with Crippen LogP contribution in [0.15, 0.2) is 30.3 Å². The summed E-state index contributed by atoms with van der Waals surface area (Å²) in [6.07, 6.45) is 5.77. The SMILES string of the molecule is NCCCP(CCCN)c1ccccc1.O=C(O)CCCCC(=O)O. The summed E-state index contributed by atoms with van der Waals surface area (Å²) in [4.78, 5) is 19.8. The van der Waals surface area contributed by atoms with Crippen molar-refractivity contribution in [1.82, 2.24) is 0 Å². The van der Waals surface area contributed by atoms with Crippen LogP contribution in [0.1, 0.15) is 38.5 Å². The summed E-state index contributed by atoms with van der Waals surface area (Å²) in [6, 6.07) is 10.8. The molecule has 0 bridgehead atoms. The summed E-state index contributed by atoms with van der Waals surface area (Å²) in [7, 11) is -0.0275. The fraction of sp³-hybridized carbons (Fsp3) is 0.556. The van der Waals surface area contributed by atoms with Crippen molar-refractivity contribution in [2.24, 2.45) is 11.5 Å². The van der Waals surface area contributed by atoms with E-state index in [4.69, 9.17) is 21.7 Å². The number of aliphatic carboxylic acids is 2. The highest BCUT2D eigenvalue weighted by molar-refractivity contribution is 7.65. The highest BCUT2D eigenvalue weighted by Gasteiger charge is 2.08. The van der Waals surface area contributed by atoms with Crippen molar-refractivity contribution in [2.75, 3.05) is 25.4 Å². The minimum Gasteiger partial charge on any atom is -0.481 e. The van der Waals surface area contributed by atoms with Crippen LogP contribution in [-0.4, -0.2) is 47.6 Å². The first-order chi connectivity index (χ1) is 12.0. The van der Waals surface area contributed by atoms with Gasteiger partial charge in [-0.3, -0.25) is 9.59 Å². The number of rotatable bonds is 12. The van der Waals surface area contributed by atoms with Crippen molar-refractivity contribution in [3.63, 3.8) is 0 Å². The number of benzene rings is 1. The third kappa shape index (κ3) is 14.6. The van der Waals surface area contributed by atoms with Crippen LogP contribution in [0, 0.1) is 0 Å². The molecular formula is C18H31N2O4P. The van der Waals surface area contributed by atoms with E-state index >= 15 is 0 Å². The molecule has 0 heterocycles. The van der Waals surface area contributed by atoms with Gasteiger partial charge in [-0.25, -0.2) is 0 Å². The van der Waals surface area contributed by atoms with Gasteiger partial charge in [-0.15, -0.1) is 0 Å². The van der Waals surface area contributed by atoms with E-state index in [1.54, 1.807) is 0 Å². The molecule has 0 aliphatic rings. The number of carbonyl (C=O) groups is 2. The predicted octanol–water partition coefficient (Wildman–Crippen LogP) is 2.21. The second-order valence-corrected chi connectivity index (χ2v) is 8.09. The van der Waals surface area contributed by atoms with Crippen LogP contribution in [0.2, 0.25) is 0 Å². The van der Waals surface area contributed by atoms with Gasteiger partial charge in [0.2, 0.25) is 0 Å². The van der Waals surface area contributed by atoms with Crippen LogP contribution >= 0.6 is 7.92 Å². The summed E-state index contributed by atoms with van der Waals surface area (Å²) >= 11 is 0. The molecule has 0 fully saturated rings. The second-order valence-electron chi connectivity index (χ2n) is 5.60. The molecule has 1 aromatic rings. The van der Waals surface area contributed by atoms with Crippen molar-refractivity contribution in [1.29, 1.82) is 0 Å². The maximum atomic E-state index is 9.90. The Bertz CT molecular complexity index is 447. The van der Waals surface area contributed by atoms with Gasteiger partial charge in [-0.2, -0.15) is 0 Å². The zero-order valence-corrected chi connectivity index (χ0v) is 15.7. The molecule has 0 aliphatic heterocycles. The van der Waals surface area contributed by atoms with Crippen LogP contribution in [-0.2, 0) is 9.59 Å². The van der Waals surface area contributed by atoms with E-state index < -0.39 is 11.9 Å². The molecular weight excluding hydrogens is 339 g/mol. The molecule has 0 aliphatic carbocycles. The lowest BCUT2D eigenvalue weighted by Crippen LogP contribution is -2.11. The van der Waals surface area contributed by atoms with Crippen molar-refractivity contribution in [2.45, 2.75) is 38.5 Å². The summed E-state index contributed by atoms with van der Waals surface area (Å²) in [5, 5.41) is 17.8. The Morgan fingerprint density at radius 3 is 1.60 bits per heavy atom. The van der Waals surface area contributed by atoms with E-state index in [1.807, 2.05) is 0 Å². The Hall–Kier alpha value is -1.49. The van der Waals surface area contributed by atoms with Crippen molar-refractivity contribution in [3.8, 4) is 0 Å². The zero-order chi connectivity index (χ0) is 18.9. The fourth-order valence-electron chi connectivity index (χ4n) is 2.13. The lowest BCUT2D eigenvalue weighted by atomic mass is 10.2. The Balaban J connectivity index is 0.000000504. The van der Waals surface area contributed by atoms with Crippen LogP contribution < -0.4 is 16.8 Å². The van der Waals surface area contributed by atoms with Crippen molar-refractivity contribution >= 4 is 25.2 Å².